The molecule has 0 saturated carbocycles. The molecule has 0 spiro atoms. The van der Waals surface area contributed by atoms with Gasteiger partial charge in [-0.25, -0.2) is 9.78 Å². The van der Waals surface area contributed by atoms with E-state index in [0.29, 0.717) is 40.9 Å². The zero-order valence-electron chi connectivity index (χ0n) is 31.1. The fraction of sp³-hybridized carbons (Fsp3) is 0.537. The highest BCUT2D eigenvalue weighted by Crippen LogP contribution is 2.38. The standard InChI is InChI=1S/C41H56Cl2N2O5S/c1-6-8-10-12-13-14-15-16-17-19-24-50-40(47)29(3)25-34-35(42)26-31(27-36(34)43)39(46)45-41-44-37(28-51-41)33-22-20-21-32(38(33)48-5)30(4)49-23-18-11-9-7-2/h20-22,25-28,30H,6-19,23-24H2,1-5H3,(H,44,45,46)/b29-25+/t30-/m0/s1. The zero-order valence-corrected chi connectivity index (χ0v) is 33.4. The number of esters is 1. The molecule has 0 fully saturated rings. The summed E-state index contributed by atoms with van der Waals surface area (Å²) < 4.78 is 17.4. The highest BCUT2D eigenvalue weighted by molar-refractivity contribution is 7.14. The van der Waals surface area contributed by atoms with Gasteiger partial charge in [0, 0.05) is 39.8 Å². The number of unbranched alkanes of at least 4 members (excludes halogenated alkanes) is 12. The van der Waals surface area contributed by atoms with Gasteiger partial charge in [0.2, 0.25) is 0 Å². The Morgan fingerprint density at radius 2 is 1.47 bits per heavy atom. The minimum atomic E-state index is -0.411. The van der Waals surface area contributed by atoms with Crippen LogP contribution in [-0.2, 0) is 14.3 Å². The first kappa shape index (κ1) is 42.5. The van der Waals surface area contributed by atoms with E-state index >= 15 is 0 Å². The van der Waals surface area contributed by atoms with Crippen molar-refractivity contribution in [3.63, 3.8) is 0 Å². The Bertz CT molecular complexity index is 1530. The third-order valence-corrected chi connectivity index (χ3v) is 10.2. The Morgan fingerprint density at radius 3 is 2.10 bits per heavy atom. The lowest BCUT2D eigenvalue weighted by molar-refractivity contribution is -0.139. The fourth-order valence-corrected chi connectivity index (χ4v) is 7.11. The van der Waals surface area contributed by atoms with Crippen LogP contribution in [0.25, 0.3) is 17.3 Å². The van der Waals surface area contributed by atoms with Crippen LogP contribution in [0, 0.1) is 0 Å². The smallest absolute Gasteiger partial charge is 0.333 e. The summed E-state index contributed by atoms with van der Waals surface area (Å²) >= 11 is 14.4. The minimum absolute atomic E-state index is 0.143. The van der Waals surface area contributed by atoms with Crippen LogP contribution in [0.3, 0.4) is 0 Å². The number of para-hydroxylation sites is 1. The third-order valence-electron chi connectivity index (χ3n) is 8.81. The average Bonchev–Trinajstić information content (AvgIpc) is 3.59. The molecule has 3 aromatic rings. The lowest BCUT2D eigenvalue weighted by Crippen LogP contribution is -2.12. The van der Waals surface area contributed by atoms with E-state index in [2.05, 4.69) is 24.1 Å². The number of aromatic nitrogens is 1. The maximum atomic E-state index is 13.2. The van der Waals surface area contributed by atoms with Gasteiger partial charge in [0.15, 0.2) is 5.13 Å². The van der Waals surface area contributed by atoms with Crippen LogP contribution < -0.4 is 10.1 Å². The molecule has 1 heterocycles. The predicted molar refractivity (Wildman–Crippen MR) is 213 cm³/mol. The molecule has 0 unspecified atom stereocenters. The first-order valence-electron chi connectivity index (χ1n) is 18.6. The Labute approximate surface area is 319 Å². The second kappa shape index (κ2) is 23.6. The minimum Gasteiger partial charge on any atom is -0.496 e. The van der Waals surface area contributed by atoms with Crippen molar-refractivity contribution in [3.8, 4) is 17.0 Å². The van der Waals surface area contributed by atoms with Gasteiger partial charge in [0.05, 0.1) is 35.6 Å². The van der Waals surface area contributed by atoms with Gasteiger partial charge < -0.3 is 14.2 Å². The largest absolute Gasteiger partial charge is 0.496 e. The molecule has 0 bridgehead atoms. The second-order valence-electron chi connectivity index (χ2n) is 13.0. The number of thiazole rings is 1. The van der Waals surface area contributed by atoms with Gasteiger partial charge in [0.25, 0.3) is 5.91 Å². The number of rotatable bonds is 24. The molecule has 0 aliphatic rings. The number of benzene rings is 2. The summed E-state index contributed by atoms with van der Waals surface area (Å²) in [7, 11) is 1.64. The summed E-state index contributed by atoms with van der Waals surface area (Å²) in [6.45, 7) is 9.20. The number of carbonyl (C=O) groups is 2. The number of halogens is 2. The first-order valence-corrected chi connectivity index (χ1v) is 20.2. The fourth-order valence-electron chi connectivity index (χ4n) is 5.80. The summed E-state index contributed by atoms with van der Waals surface area (Å²) in [5, 5.41) is 5.64. The normalized spacial score (nSPS) is 12.2. The van der Waals surface area contributed by atoms with Crippen molar-refractivity contribution in [2.75, 3.05) is 25.6 Å². The topological polar surface area (TPSA) is 86.8 Å². The van der Waals surface area contributed by atoms with E-state index in [1.165, 1.54) is 81.3 Å². The van der Waals surface area contributed by atoms with E-state index in [9.17, 15) is 9.59 Å². The lowest BCUT2D eigenvalue weighted by atomic mass is 10.0. The quantitative estimate of drug-likeness (QED) is 0.0556. The van der Waals surface area contributed by atoms with Crippen molar-refractivity contribution in [1.82, 2.24) is 4.98 Å². The monoisotopic (exact) mass is 758 g/mol. The molecule has 2 aromatic carbocycles. The number of hydrogen-bond donors (Lipinski definition) is 1. The van der Waals surface area contributed by atoms with Crippen molar-refractivity contribution in [2.24, 2.45) is 0 Å². The molecular weight excluding hydrogens is 703 g/mol. The summed E-state index contributed by atoms with van der Waals surface area (Å²) in [5.41, 5.74) is 3.53. The van der Waals surface area contributed by atoms with Crippen LogP contribution in [0.2, 0.25) is 10.0 Å². The summed E-state index contributed by atoms with van der Waals surface area (Å²) in [5.74, 6) is -0.124. The van der Waals surface area contributed by atoms with Gasteiger partial charge in [-0.3, -0.25) is 10.1 Å². The molecule has 0 radical (unpaired) electrons. The van der Waals surface area contributed by atoms with Gasteiger partial charge in [-0.2, -0.15) is 0 Å². The number of carbonyl (C=O) groups excluding carboxylic acids is 2. The molecule has 0 saturated heterocycles. The second-order valence-corrected chi connectivity index (χ2v) is 14.7. The molecule has 0 aliphatic carbocycles. The van der Waals surface area contributed by atoms with Crippen LogP contribution in [0.1, 0.15) is 145 Å². The van der Waals surface area contributed by atoms with E-state index in [1.54, 1.807) is 20.1 Å². The maximum Gasteiger partial charge on any atom is 0.333 e. The molecule has 10 heteroatoms. The molecule has 1 atom stereocenters. The molecule has 1 amide bonds. The molecule has 1 aromatic heterocycles. The highest BCUT2D eigenvalue weighted by Gasteiger charge is 2.20. The SMILES string of the molecule is CCCCCCCCCCCCOC(=O)/C(C)=C/c1c(Cl)cc(C(=O)Nc2nc(-c3cccc([C@H](C)OCCCCCC)c3OC)cs2)cc1Cl. The number of methoxy groups -OCH3 is 1. The Hall–Kier alpha value is -2.91. The Kier molecular flexibility index (Phi) is 19.7. The first-order chi connectivity index (χ1) is 24.7. The van der Waals surface area contributed by atoms with Crippen LogP contribution >= 0.6 is 34.5 Å². The highest BCUT2D eigenvalue weighted by atomic mass is 35.5. The van der Waals surface area contributed by atoms with E-state index in [0.717, 1.165) is 43.2 Å². The summed E-state index contributed by atoms with van der Waals surface area (Å²) in [6, 6.07) is 8.97. The number of anilines is 1. The van der Waals surface area contributed by atoms with Gasteiger partial charge >= 0.3 is 5.97 Å². The average molecular weight is 760 g/mol. The summed E-state index contributed by atoms with van der Waals surface area (Å²) in [6.07, 6.45) is 18.2. The number of amides is 1. The van der Waals surface area contributed by atoms with E-state index < -0.39 is 11.9 Å². The maximum absolute atomic E-state index is 13.2. The Balaban J connectivity index is 1.55. The van der Waals surface area contributed by atoms with E-state index in [4.69, 9.17) is 37.4 Å². The van der Waals surface area contributed by atoms with Crippen molar-refractivity contribution in [3.05, 3.63) is 68.0 Å². The predicted octanol–water partition coefficient (Wildman–Crippen LogP) is 12.9. The number of ether oxygens (including phenoxy) is 3. The number of nitrogens with one attached hydrogen (secondary N) is 1. The lowest BCUT2D eigenvalue weighted by Gasteiger charge is -2.18. The molecule has 1 N–H and O–H groups in total. The number of hydrogen-bond acceptors (Lipinski definition) is 7. The van der Waals surface area contributed by atoms with Crippen molar-refractivity contribution in [1.29, 1.82) is 0 Å². The number of nitrogens with zero attached hydrogens (tertiary/aromatic N) is 1. The van der Waals surface area contributed by atoms with Crippen LogP contribution in [0.15, 0.2) is 41.3 Å². The van der Waals surface area contributed by atoms with Crippen LogP contribution in [-0.4, -0.2) is 37.2 Å². The summed E-state index contributed by atoms with van der Waals surface area (Å²) in [4.78, 5) is 30.5. The van der Waals surface area contributed by atoms with Crippen LogP contribution in [0.4, 0.5) is 5.13 Å². The Morgan fingerprint density at radius 1 is 0.882 bits per heavy atom. The molecular formula is C41H56Cl2N2O5S. The van der Waals surface area contributed by atoms with Crippen molar-refractivity contribution >= 4 is 57.6 Å². The van der Waals surface area contributed by atoms with Crippen molar-refractivity contribution < 1.29 is 23.8 Å². The van der Waals surface area contributed by atoms with Gasteiger partial charge in [0.1, 0.15) is 5.75 Å². The van der Waals surface area contributed by atoms with Crippen LogP contribution in [0.5, 0.6) is 5.75 Å². The zero-order chi connectivity index (χ0) is 37.0. The molecule has 7 nitrogen and oxygen atoms in total. The third kappa shape index (κ3) is 14.2. The molecule has 3 rings (SSSR count). The van der Waals surface area contributed by atoms with E-state index in [1.807, 2.05) is 30.5 Å². The molecule has 0 aliphatic heterocycles. The van der Waals surface area contributed by atoms with Gasteiger partial charge in [-0.1, -0.05) is 126 Å². The van der Waals surface area contributed by atoms with E-state index in [-0.39, 0.29) is 21.7 Å². The van der Waals surface area contributed by atoms with Crippen molar-refractivity contribution in [2.45, 2.75) is 124 Å². The van der Waals surface area contributed by atoms with Gasteiger partial charge in [-0.15, -0.1) is 11.3 Å². The van der Waals surface area contributed by atoms with Gasteiger partial charge in [-0.05, 0) is 51.0 Å². The molecule has 51 heavy (non-hydrogen) atoms. The molecule has 280 valence electrons.